The van der Waals surface area contributed by atoms with Crippen LogP contribution in [-0.4, -0.2) is 43.0 Å². The number of amides is 3. The topological polar surface area (TPSA) is 64.7 Å². The molecule has 3 amide bonds. The van der Waals surface area contributed by atoms with Crippen LogP contribution in [0.2, 0.25) is 0 Å². The fourth-order valence-corrected chi connectivity index (χ4v) is 2.86. The van der Waals surface area contributed by atoms with Crippen LogP contribution in [0.1, 0.15) is 6.92 Å². The second kappa shape index (κ2) is 7.86. The lowest BCUT2D eigenvalue weighted by molar-refractivity contribution is -0.114. The lowest BCUT2D eigenvalue weighted by Gasteiger charge is -2.36. The molecule has 26 heavy (non-hydrogen) atoms. The minimum Gasteiger partial charge on any atom is -0.368 e. The molecule has 1 fully saturated rings. The van der Waals surface area contributed by atoms with Crippen molar-refractivity contribution in [3.05, 3.63) is 54.3 Å². The summed E-state index contributed by atoms with van der Waals surface area (Å²) in [6.45, 7) is 4.11. The molecule has 1 aliphatic rings. The summed E-state index contributed by atoms with van der Waals surface area (Å²) in [4.78, 5) is 27.3. The number of anilines is 3. The highest BCUT2D eigenvalue weighted by atomic mass is 19.1. The van der Waals surface area contributed by atoms with Gasteiger partial charge in [0.15, 0.2) is 0 Å². The molecule has 0 aliphatic carbocycles. The van der Waals surface area contributed by atoms with E-state index < -0.39 is 0 Å². The van der Waals surface area contributed by atoms with Crippen LogP contribution in [0.5, 0.6) is 0 Å². The average Bonchev–Trinajstić information content (AvgIpc) is 2.64. The third kappa shape index (κ3) is 4.50. The molecular formula is C19H21FN4O2. The molecule has 0 unspecified atom stereocenters. The predicted molar refractivity (Wildman–Crippen MR) is 100.0 cm³/mol. The molecule has 1 saturated heterocycles. The van der Waals surface area contributed by atoms with E-state index in [-0.39, 0.29) is 17.8 Å². The summed E-state index contributed by atoms with van der Waals surface area (Å²) >= 11 is 0. The average molecular weight is 356 g/mol. The van der Waals surface area contributed by atoms with Gasteiger partial charge in [0.2, 0.25) is 5.91 Å². The summed E-state index contributed by atoms with van der Waals surface area (Å²) in [7, 11) is 0. The van der Waals surface area contributed by atoms with Gasteiger partial charge in [-0.15, -0.1) is 0 Å². The van der Waals surface area contributed by atoms with Crippen molar-refractivity contribution >= 4 is 29.0 Å². The normalized spacial score (nSPS) is 14.1. The van der Waals surface area contributed by atoms with Gasteiger partial charge in [0.25, 0.3) is 0 Å². The molecule has 0 radical (unpaired) electrons. The summed E-state index contributed by atoms with van der Waals surface area (Å²) in [5.41, 5.74) is 2.39. The Hall–Kier alpha value is -3.09. The van der Waals surface area contributed by atoms with E-state index in [1.54, 1.807) is 17.0 Å². The van der Waals surface area contributed by atoms with Crippen molar-refractivity contribution in [3.63, 3.8) is 0 Å². The zero-order chi connectivity index (χ0) is 18.5. The van der Waals surface area contributed by atoms with Crippen molar-refractivity contribution in [2.24, 2.45) is 0 Å². The highest BCUT2D eigenvalue weighted by Gasteiger charge is 2.21. The molecule has 1 aliphatic heterocycles. The lowest BCUT2D eigenvalue weighted by Crippen LogP contribution is -2.50. The molecule has 7 heteroatoms. The van der Waals surface area contributed by atoms with Gasteiger partial charge in [-0.1, -0.05) is 0 Å². The summed E-state index contributed by atoms with van der Waals surface area (Å²) in [6.07, 6.45) is 0. The predicted octanol–water partition coefficient (Wildman–Crippen LogP) is 3.14. The first kappa shape index (κ1) is 17.7. The fourth-order valence-electron chi connectivity index (χ4n) is 2.86. The van der Waals surface area contributed by atoms with E-state index in [0.29, 0.717) is 18.8 Å². The van der Waals surface area contributed by atoms with Crippen LogP contribution in [-0.2, 0) is 4.79 Å². The maximum Gasteiger partial charge on any atom is 0.321 e. The number of piperazine rings is 1. The van der Waals surface area contributed by atoms with Gasteiger partial charge in [0.1, 0.15) is 5.82 Å². The third-order valence-corrected chi connectivity index (χ3v) is 4.22. The number of carbonyl (C=O) groups excluding carboxylic acids is 2. The van der Waals surface area contributed by atoms with Crippen LogP contribution in [0.4, 0.5) is 26.2 Å². The molecule has 2 aromatic carbocycles. The molecule has 0 bridgehead atoms. The van der Waals surface area contributed by atoms with Gasteiger partial charge >= 0.3 is 6.03 Å². The summed E-state index contributed by atoms with van der Waals surface area (Å²) in [6, 6.07) is 13.2. The minimum absolute atomic E-state index is 0.0986. The van der Waals surface area contributed by atoms with Gasteiger partial charge in [0.05, 0.1) is 0 Å². The molecule has 0 aromatic heterocycles. The van der Waals surface area contributed by atoms with E-state index in [9.17, 15) is 14.0 Å². The molecule has 3 rings (SSSR count). The Morgan fingerprint density at radius 1 is 0.846 bits per heavy atom. The first-order valence-electron chi connectivity index (χ1n) is 8.45. The van der Waals surface area contributed by atoms with Crippen LogP contribution in [0.3, 0.4) is 0 Å². The Bertz CT molecular complexity index is 769. The van der Waals surface area contributed by atoms with Crippen molar-refractivity contribution in [3.8, 4) is 0 Å². The Morgan fingerprint density at radius 3 is 1.96 bits per heavy atom. The van der Waals surface area contributed by atoms with Gasteiger partial charge in [0, 0.05) is 50.2 Å². The summed E-state index contributed by atoms with van der Waals surface area (Å²) in [5.74, 6) is -0.431. The molecule has 2 N–H and O–H groups in total. The quantitative estimate of drug-likeness (QED) is 0.888. The van der Waals surface area contributed by atoms with Crippen LogP contribution in [0, 0.1) is 5.82 Å². The number of hydrogen-bond donors (Lipinski definition) is 2. The van der Waals surface area contributed by atoms with Crippen LogP contribution in [0.25, 0.3) is 0 Å². The second-order valence-electron chi connectivity index (χ2n) is 6.14. The summed E-state index contributed by atoms with van der Waals surface area (Å²) in [5, 5.41) is 5.52. The third-order valence-electron chi connectivity index (χ3n) is 4.22. The first-order chi connectivity index (χ1) is 12.5. The van der Waals surface area contributed by atoms with Crippen molar-refractivity contribution in [2.75, 3.05) is 41.7 Å². The Morgan fingerprint density at radius 2 is 1.38 bits per heavy atom. The van der Waals surface area contributed by atoms with Crippen molar-refractivity contribution in [2.45, 2.75) is 6.92 Å². The summed E-state index contributed by atoms with van der Waals surface area (Å²) < 4.78 is 12.9. The number of halogens is 1. The zero-order valence-corrected chi connectivity index (χ0v) is 14.5. The van der Waals surface area contributed by atoms with E-state index in [1.165, 1.54) is 19.1 Å². The van der Waals surface area contributed by atoms with Gasteiger partial charge in [-0.25, -0.2) is 9.18 Å². The molecular weight excluding hydrogens is 335 g/mol. The fraction of sp³-hybridized carbons (Fsp3) is 0.263. The number of carbonyl (C=O) groups is 2. The van der Waals surface area contributed by atoms with Gasteiger partial charge in [-0.3, -0.25) is 4.79 Å². The Balaban J connectivity index is 1.52. The zero-order valence-electron chi connectivity index (χ0n) is 14.5. The van der Waals surface area contributed by atoms with E-state index in [0.717, 1.165) is 24.5 Å². The number of nitrogens with one attached hydrogen (secondary N) is 2. The van der Waals surface area contributed by atoms with Crippen molar-refractivity contribution in [1.82, 2.24) is 4.90 Å². The van der Waals surface area contributed by atoms with Crippen molar-refractivity contribution < 1.29 is 14.0 Å². The van der Waals surface area contributed by atoms with Gasteiger partial charge in [-0.2, -0.15) is 0 Å². The minimum atomic E-state index is -0.332. The molecule has 0 saturated carbocycles. The van der Waals surface area contributed by atoms with E-state index in [4.69, 9.17) is 0 Å². The number of benzene rings is 2. The van der Waals surface area contributed by atoms with Crippen LogP contribution in [0.15, 0.2) is 48.5 Å². The van der Waals surface area contributed by atoms with Crippen molar-refractivity contribution in [1.29, 1.82) is 0 Å². The Labute approximate surface area is 151 Å². The molecule has 136 valence electrons. The molecule has 0 atom stereocenters. The molecule has 1 heterocycles. The highest BCUT2D eigenvalue weighted by Crippen LogP contribution is 2.20. The van der Waals surface area contributed by atoms with Gasteiger partial charge in [-0.05, 0) is 48.5 Å². The molecule has 0 spiro atoms. The second-order valence-corrected chi connectivity index (χ2v) is 6.14. The number of nitrogens with zero attached hydrogens (tertiary/aromatic N) is 2. The van der Waals surface area contributed by atoms with Gasteiger partial charge < -0.3 is 20.4 Å². The van der Waals surface area contributed by atoms with E-state index in [2.05, 4.69) is 15.5 Å². The first-order valence-corrected chi connectivity index (χ1v) is 8.45. The smallest absolute Gasteiger partial charge is 0.321 e. The number of urea groups is 1. The lowest BCUT2D eigenvalue weighted by atomic mass is 10.2. The maximum atomic E-state index is 12.9. The van der Waals surface area contributed by atoms with Crippen LogP contribution < -0.4 is 15.5 Å². The standard InChI is InChI=1S/C19H21FN4O2/c1-14(25)21-16-6-8-18(9-7-16)23-10-12-24(13-11-23)19(26)22-17-4-2-15(20)3-5-17/h2-9H,10-13H2,1H3,(H,21,25)(H,22,26). The van der Waals surface area contributed by atoms with E-state index in [1.807, 2.05) is 24.3 Å². The number of rotatable bonds is 3. The molecule has 2 aromatic rings. The largest absolute Gasteiger partial charge is 0.368 e. The van der Waals surface area contributed by atoms with Crippen LogP contribution >= 0.6 is 0 Å². The van der Waals surface area contributed by atoms with E-state index >= 15 is 0 Å². The Kier molecular flexibility index (Phi) is 5.36. The maximum absolute atomic E-state index is 12.9. The highest BCUT2D eigenvalue weighted by molar-refractivity contribution is 5.90. The molecule has 6 nitrogen and oxygen atoms in total. The number of hydrogen-bond acceptors (Lipinski definition) is 3. The monoisotopic (exact) mass is 356 g/mol. The SMILES string of the molecule is CC(=O)Nc1ccc(N2CCN(C(=O)Nc3ccc(F)cc3)CC2)cc1.